The number of rotatable bonds is 6. The zero-order valence-electron chi connectivity index (χ0n) is 14.0. The fourth-order valence-electron chi connectivity index (χ4n) is 2.87. The van der Waals surface area contributed by atoms with Crippen molar-refractivity contribution in [3.05, 3.63) is 0 Å². The SMILES string of the molecule is COC(OC)N1CCCC1.COC(OC)N1CCCCC1. The van der Waals surface area contributed by atoms with Gasteiger partial charge in [0, 0.05) is 54.6 Å². The minimum absolute atomic E-state index is 0.123. The molecule has 0 spiro atoms. The summed E-state index contributed by atoms with van der Waals surface area (Å²) >= 11 is 0. The highest BCUT2D eigenvalue weighted by Crippen LogP contribution is 2.13. The largest absolute Gasteiger partial charge is 0.343 e. The molecule has 2 rings (SSSR count). The van der Waals surface area contributed by atoms with E-state index in [2.05, 4.69) is 9.80 Å². The highest BCUT2D eigenvalue weighted by molar-refractivity contribution is 4.65. The molecule has 0 aromatic heterocycles. The zero-order valence-corrected chi connectivity index (χ0v) is 14.0. The Hall–Kier alpha value is -0.240. The van der Waals surface area contributed by atoms with Crippen molar-refractivity contribution >= 4 is 0 Å². The standard InChI is InChI=1S/C8H17NO2.C7H15NO2/c1-10-8(11-2)9-6-4-3-5-7-9;1-9-7(10-2)8-5-3-4-6-8/h8H,3-7H2,1-2H3;7H,3-6H2,1-2H3. The summed E-state index contributed by atoms with van der Waals surface area (Å²) in [6.45, 7) is 4.41. The van der Waals surface area contributed by atoms with Gasteiger partial charge in [-0.3, -0.25) is 9.80 Å². The summed E-state index contributed by atoms with van der Waals surface area (Å²) in [6.07, 6.45) is 6.16. The quantitative estimate of drug-likeness (QED) is 0.696. The van der Waals surface area contributed by atoms with E-state index in [0.717, 1.165) is 26.2 Å². The number of hydrogen-bond acceptors (Lipinski definition) is 6. The second-order valence-electron chi connectivity index (χ2n) is 5.40. The lowest BCUT2D eigenvalue weighted by atomic mass is 10.1. The molecule has 0 radical (unpaired) electrons. The molecule has 0 amide bonds. The van der Waals surface area contributed by atoms with Crippen LogP contribution in [0.2, 0.25) is 0 Å². The predicted octanol–water partition coefficient (Wildman–Crippen LogP) is 1.71. The van der Waals surface area contributed by atoms with Gasteiger partial charge in [-0.2, -0.15) is 0 Å². The molecule has 0 saturated carbocycles. The molecule has 126 valence electrons. The first kappa shape index (κ1) is 18.8. The Kier molecular flexibility index (Phi) is 10.2. The van der Waals surface area contributed by atoms with Crippen LogP contribution in [0, 0.1) is 0 Å². The van der Waals surface area contributed by atoms with Gasteiger partial charge in [-0.1, -0.05) is 6.42 Å². The molecule has 0 N–H and O–H groups in total. The molecule has 2 saturated heterocycles. The molecule has 0 unspecified atom stereocenters. The molecule has 2 fully saturated rings. The third kappa shape index (κ3) is 6.59. The van der Waals surface area contributed by atoms with Gasteiger partial charge in [0.25, 0.3) is 0 Å². The van der Waals surface area contributed by atoms with Crippen LogP contribution in [0.3, 0.4) is 0 Å². The van der Waals surface area contributed by atoms with Crippen molar-refractivity contribution in [2.24, 2.45) is 0 Å². The molecule has 2 heterocycles. The highest BCUT2D eigenvalue weighted by atomic mass is 16.7. The van der Waals surface area contributed by atoms with Crippen LogP contribution in [0.5, 0.6) is 0 Å². The molecule has 0 aromatic rings. The Balaban J connectivity index is 0.000000211. The molecule has 2 aliphatic heterocycles. The summed E-state index contributed by atoms with van der Waals surface area (Å²) < 4.78 is 20.5. The monoisotopic (exact) mass is 304 g/mol. The Labute approximate surface area is 129 Å². The van der Waals surface area contributed by atoms with Crippen molar-refractivity contribution in [2.75, 3.05) is 54.6 Å². The summed E-state index contributed by atoms with van der Waals surface area (Å²) in [5.41, 5.74) is 0. The van der Waals surface area contributed by atoms with Gasteiger partial charge in [0.2, 0.25) is 12.8 Å². The summed E-state index contributed by atoms with van der Waals surface area (Å²) in [5.74, 6) is 0. The van der Waals surface area contributed by atoms with Crippen LogP contribution < -0.4 is 0 Å². The third-order valence-electron chi connectivity index (χ3n) is 3.93. The summed E-state index contributed by atoms with van der Waals surface area (Å²) in [4.78, 5) is 4.42. The van der Waals surface area contributed by atoms with Crippen molar-refractivity contribution < 1.29 is 18.9 Å². The smallest absolute Gasteiger partial charge is 0.218 e. The van der Waals surface area contributed by atoms with Gasteiger partial charge in [-0.05, 0) is 25.7 Å². The van der Waals surface area contributed by atoms with Crippen LogP contribution in [-0.2, 0) is 18.9 Å². The van der Waals surface area contributed by atoms with E-state index in [9.17, 15) is 0 Å². The molecule has 0 bridgehead atoms. The fourth-order valence-corrected chi connectivity index (χ4v) is 2.87. The maximum atomic E-state index is 5.14. The molecular weight excluding hydrogens is 272 g/mol. The zero-order chi connectivity index (χ0) is 15.5. The van der Waals surface area contributed by atoms with Crippen LogP contribution >= 0.6 is 0 Å². The topological polar surface area (TPSA) is 43.4 Å². The molecular formula is C15H32N2O4. The van der Waals surface area contributed by atoms with E-state index in [1.807, 2.05) is 0 Å². The molecule has 0 aliphatic carbocycles. The lowest BCUT2D eigenvalue weighted by Gasteiger charge is -2.31. The van der Waals surface area contributed by atoms with Gasteiger partial charge in [0.15, 0.2) is 0 Å². The van der Waals surface area contributed by atoms with Crippen LogP contribution in [0.4, 0.5) is 0 Å². The Morgan fingerprint density at radius 2 is 0.810 bits per heavy atom. The molecule has 0 aromatic carbocycles. The van der Waals surface area contributed by atoms with Crippen LogP contribution in [-0.4, -0.2) is 77.2 Å². The fraction of sp³-hybridized carbons (Fsp3) is 1.00. The van der Waals surface area contributed by atoms with Crippen LogP contribution in [0.15, 0.2) is 0 Å². The van der Waals surface area contributed by atoms with E-state index < -0.39 is 0 Å². The van der Waals surface area contributed by atoms with Gasteiger partial charge in [-0.25, -0.2) is 0 Å². The van der Waals surface area contributed by atoms with Gasteiger partial charge >= 0.3 is 0 Å². The van der Waals surface area contributed by atoms with Crippen molar-refractivity contribution in [1.29, 1.82) is 0 Å². The molecule has 0 atom stereocenters. The van der Waals surface area contributed by atoms with E-state index in [0.29, 0.717) is 0 Å². The first-order valence-electron chi connectivity index (χ1n) is 7.86. The second kappa shape index (κ2) is 11.3. The molecule has 6 heteroatoms. The van der Waals surface area contributed by atoms with Crippen molar-refractivity contribution in [2.45, 2.75) is 44.9 Å². The predicted molar refractivity (Wildman–Crippen MR) is 81.8 cm³/mol. The number of methoxy groups -OCH3 is 4. The van der Waals surface area contributed by atoms with Gasteiger partial charge in [-0.15, -0.1) is 0 Å². The van der Waals surface area contributed by atoms with E-state index in [1.165, 1.54) is 32.1 Å². The average molecular weight is 304 g/mol. The van der Waals surface area contributed by atoms with Gasteiger partial charge in [0.05, 0.1) is 0 Å². The minimum Gasteiger partial charge on any atom is -0.343 e. The second-order valence-corrected chi connectivity index (χ2v) is 5.40. The number of piperidine rings is 1. The maximum Gasteiger partial charge on any atom is 0.218 e. The number of nitrogens with zero attached hydrogens (tertiary/aromatic N) is 2. The lowest BCUT2D eigenvalue weighted by molar-refractivity contribution is -0.199. The highest BCUT2D eigenvalue weighted by Gasteiger charge is 2.20. The Morgan fingerprint density at radius 3 is 1.10 bits per heavy atom. The average Bonchev–Trinajstić information content (AvgIpc) is 3.06. The van der Waals surface area contributed by atoms with Gasteiger partial charge in [0.1, 0.15) is 0 Å². The number of ether oxygens (including phenoxy) is 4. The Bertz CT molecular complexity index is 236. The van der Waals surface area contributed by atoms with Crippen molar-refractivity contribution in [3.63, 3.8) is 0 Å². The Morgan fingerprint density at radius 1 is 0.524 bits per heavy atom. The normalized spacial score (nSPS) is 20.9. The summed E-state index contributed by atoms with van der Waals surface area (Å²) in [5, 5.41) is 0. The number of likely N-dealkylation sites (tertiary alicyclic amines) is 2. The van der Waals surface area contributed by atoms with Gasteiger partial charge < -0.3 is 18.9 Å². The first-order valence-corrected chi connectivity index (χ1v) is 7.86. The van der Waals surface area contributed by atoms with E-state index >= 15 is 0 Å². The lowest BCUT2D eigenvalue weighted by Crippen LogP contribution is -2.41. The molecule has 6 nitrogen and oxygen atoms in total. The summed E-state index contributed by atoms with van der Waals surface area (Å²) in [7, 11) is 6.71. The number of hydrogen-bond donors (Lipinski definition) is 0. The van der Waals surface area contributed by atoms with Crippen molar-refractivity contribution in [1.82, 2.24) is 9.80 Å². The maximum absolute atomic E-state index is 5.14. The van der Waals surface area contributed by atoms with E-state index in [1.54, 1.807) is 28.4 Å². The van der Waals surface area contributed by atoms with E-state index in [-0.39, 0.29) is 12.8 Å². The van der Waals surface area contributed by atoms with E-state index in [4.69, 9.17) is 18.9 Å². The molecule has 21 heavy (non-hydrogen) atoms. The van der Waals surface area contributed by atoms with Crippen LogP contribution in [0.1, 0.15) is 32.1 Å². The summed E-state index contributed by atoms with van der Waals surface area (Å²) in [6, 6.07) is 0. The van der Waals surface area contributed by atoms with Crippen molar-refractivity contribution in [3.8, 4) is 0 Å². The third-order valence-corrected chi connectivity index (χ3v) is 3.93. The molecule has 2 aliphatic rings. The van der Waals surface area contributed by atoms with Crippen LogP contribution in [0.25, 0.3) is 0 Å². The minimum atomic E-state index is -0.129. The first-order chi connectivity index (χ1) is 10.3.